The first-order valence-corrected chi connectivity index (χ1v) is 7.77. The Labute approximate surface area is 122 Å². The lowest BCUT2D eigenvalue weighted by molar-refractivity contribution is -0.122. The van der Waals surface area contributed by atoms with Gasteiger partial charge in [0.1, 0.15) is 5.76 Å². The molecule has 2 aromatic heterocycles. The Balaban J connectivity index is 1.52. The van der Waals surface area contributed by atoms with Gasteiger partial charge in [-0.05, 0) is 43.0 Å². The molecule has 1 atom stereocenters. The normalized spacial score (nSPS) is 19.3. The van der Waals surface area contributed by atoms with E-state index in [4.69, 9.17) is 4.42 Å². The molecule has 0 spiro atoms. The van der Waals surface area contributed by atoms with Crippen molar-refractivity contribution in [3.8, 4) is 0 Å². The number of carbonyl (C=O) groups is 1. The maximum absolute atomic E-state index is 12.0. The van der Waals surface area contributed by atoms with Crippen molar-refractivity contribution in [3.05, 3.63) is 46.5 Å². The first kappa shape index (κ1) is 13.4. The van der Waals surface area contributed by atoms with E-state index >= 15 is 0 Å². The van der Waals surface area contributed by atoms with Crippen LogP contribution in [0.3, 0.4) is 0 Å². The number of likely N-dealkylation sites (tertiary alicyclic amines) is 1. The van der Waals surface area contributed by atoms with Gasteiger partial charge in [-0.25, -0.2) is 0 Å². The Morgan fingerprint density at radius 2 is 2.40 bits per heavy atom. The molecule has 106 valence electrons. The zero-order valence-corrected chi connectivity index (χ0v) is 12.1. The molecule has 1 amide bonds. The largest absolute Gasteiger partial charge is 0.468 e. The van der Waals surface area contributed by atoms with Gasteiger partial charge >= 0.3 is 0 Å². The van der Waals surface area contributed by atoms with Crippen LogP contribution in [0.4, 0.5) is 0 Å². The molecule has 0 radical (unpaired) electrons. The maximum Gasteiger partial charge on any atom is 0.234 e. The molecule has 3 heterocycles. The van der Waals surface area contributed by atoms with E-state index in [0.29, 0.717) is 13.1 Å². The van der Waals surface area contributed by atoms with Gasteiger partial charge in [0.25, 0.3) is 0 Å². The molecule has 3 rings (SSSR count). The van der Waals surface area contributed by atoms with E-state index in [1.165, 1.54) is 4.88 Å². The highest BCUT2D eigenvalue weighted by Crippen LogP contribution is 2.31. The minimum Gasteiger partial charge on any atom is -0.468 e. The molecule has 0 saturated carbocycles. The van der Waals surface area contributed by atoms with Crippen molar-refractivity contribution < 1.29 is 9.21 Å². The molecular formula is C15H18N2O2S. The summed E-state index contributed by atoms with van der Waals surface area (Å²) in [5, 5.41) is 5.00. The second kappa shape index (κ2) is 6.24. The van der Waals surface area contributed by atoms with Gasteiger partial charge in [-0.3, -0.25) is 9.69 Å². The van der Waals surface area contributed by atoms with Crippen molar-refractivity contribution in [3.63, 3.8) is 0 Å². The predicted octanol–water partition coefficient (Wildman–Crippen LogP) is 2.79. The summed E-state index contributed by atoms with van der Waals surface area (Å²) in [6.07, 6.45) is 3.87. The number of amides is 1. The van der Waals surface area contributed by atoms with E-state index in [2.05, 4.69) is 10.2 Å². The summed E-state index contributed by atoms with van der Waals surface area (Å²) < 4.78 is 5.48. The SMILES string of the molecule is O=C(CN1CCCC1c1ccco1)NCc1cccs1. The van der Waals surface area contributed by atoms with Crippen LogP contribution in [0, 0.1) is 0 Å². The number of nitrogens with zero attached hydrogens (tertiary/aromatic N) is 1. The van der Waals surface area contributed by atoms with Gasteiger partial charge in [-0.1, -0.05) is 6.07 Å². The third kappa shape index (κ3) is 3.11. The van der Waals surface area contributed by atoms with Crippen molar-refractivity contribution >= 4 is 17.2 Å². The van der Waals surface area contributed by atoms with Crippen molar-refractivity contribution in [1.29, 1.82) is 0 Å². The topological polar surface area (TPSA) is 45.5 Å². The molecule has 1 aliphatic rings. The maximum atomic E-state index is 12.0. The molecule has 1 aliphatic heterocycles. The fourth-order valence-electron chi connectivity index (χ4n) is 2.66. The molecule has 20 heavy (non-hydrogen) atoms. The number of carbonyl (C=O) groups excluding carboxylic acids is 1. The fourth-order valence-corrected chi connectivity index (χ4v) is 3.30. The average molecular weight is 290 g/mol. The number of nitrogens with one attached hydrogen (secondary N) is 1. The molecule has 0 bridgehead atoms. The van der Waals surface area contributed by atoms with E-state index in [1.807, 2.05) is 29.6 Å². The van der Waals surface area contributed by atoms with Crippen LogP contribution in [0.25, 0.3) is 0 Å². The lowest BCUT2D eigenvalue weighted by Gasteiger charge is -2.21. The molecule has 0 aromatic carbocycles. The lowest BCUT2D eigenvalue weighted by Crippen LogP contribution is -2.36. The Hall–Kier alpha value is -1.59. The second-order valence-electron chi connectivity index (χ2n) is 5.00. The molecule has 4 nitrogen and oxygen atoms in total. The summed E-state index contributed by atoms with van der Waals surface area (Å²) in [5.41, 5.74) is 0. The van der Waals surface area contributed by atoms with Gasteiger partial charge in [0.05, 0.1) is 25.4 Å². The van der Waals surface area contributed by atoms with Crippen LogP contribution in [-0.4, -0.2) is 23.9 Å². The Morgan fingerprint density at radius 3 is 3.15 bits per heavy atom. The van der Waals surface area contributed by atoms with Crippen molar-refractivity contribution in [2.24, 2.45) is 0 Å². The number of thiophene rings is 1. The lowest BCUT2D eigenvalue weighted by atomic mass is 10.1. The summed E-state index contributed by atoms with van der Waals surface area (Å²) in [5.74, 6) is 1.05. The van der Waals surface area contributed by atoms with Crippen molar-refractivity contribution in [2.75, 3.05) is 13.1 Å². The van der Waals surface area contributed by atoms with Crippen LogP contribution in [0.1, 0.15) is 29.5 Å². The van der Waals surface area contributed by atoms with Crippen LogP contribution in [0.15, 0.2) is 40.3 Å². The van der Waals surface area contributed by atoms with Gasteiger partial charge in [-0.15, -0.1) is 11.3 Å². The van der Waals surface area contributed by atoms with E-state index in [1.54, 1.807) is 17.6 Å². The highest BCUT2D eigenvalue weighted by Gasteiger charge is 2.29. The van der Waals surface area contributed by atoms with E-state index in [0.717, 1.165) is 25.1 Å². The van der Waals surface area contributed by atoms with Crippen LogP contribution in [0.5, 0.6) is 0 Å². The van der Waals surface area contributed by atoms with Gasteiger partial charge in [-0.2, -0.15) is 0 Å². The average Bonchev–Trinajstić information content (AvgIpc) is 3.18. The van der Waals surface area contributed by atoms with Gasteiger partial charge in [0, 0.05) is 4.88 Å². The van der Waals surface area contributed by atoms with E-state index in [-0.39, 0.29) is 11.9 Å². The van der Waals surface area contributed by atoms with Gasteiger partial charge < -0.3 is 9.73 Å². The molecule has 1 N–H and O–H groups in total. The third-order valence-corrected chi connectivity index (χ3v) is 4.50. The van der Waals surface area contributed by atoms with Crippen molar-refractivity contribution in [1.82, 2.24) is 10.2 Å². The van der Waals surface area contributed by atoms with E-state index in [9.17, 15) is 4.79 Å². The summed E-state index contributed by atoms with van der Waals surface area (Å²) in [4.78, 5) is 15.4. The molecule has 0 aliphatic carbocycles. The molecule has 5 heteroatoms. The number of hydrogen-bond donors (Lipinski definition) is 1. The quantitative estimate of drug-likeness (QED) is 0.921. The Morgan fingerprint density at radius 1 is 1.45 bits per heavy atom. The summed E-state index contributed by atoms with van der Waals surface area (Å²) in [7, 11) is 0. The summed E-state index contributed by atoms with van der Waals surface area (Å²) >= 11 is 1.66. The molecule has 1 saturated heterocycles. The summed E-state index contributed by atoms with van der Waals surface area (Å²) in [6.45, 7) is 2.02. The first-order chi connectivity index (χ1) is 9.83. The third-order valence-electron chi connectivity index (χ3n) is 3.62. The van der Waals surface area contributed by atoms with Gasteiger partial charge in [0.15, 0.2) is 0 Å². The van der Waals surface area contributed by atoms with Crippen molar-refractivity contribution in [2.45, 2.75) is 25.4 Å². The second-order valence-corrected chi connectivity index (χ2v) is 6.03. The number of rotatable bonds is 5. The zero-order valence-electron chi connectivity index (χ0n) is 11.2. The van der Waals surface area contributed by atoms with Gasteiger partial charge in [0.2, 0.25) is 5.91 Å². The standard InChI is InChI=1S/C15H18N2O2S/c18-15(16-10-12-4-3-9-20-12)11-17-7-1-5-13(17)14-6-2-8-19-14/h2-4,6,8-9,13H,1,5,7,10-11H2,(H,16,18). The monoisotopic (exact) mass is 290 g/mol. The zero-order chi connectivity index (χ0) is 13.8. The predicted molar refractivity (Wildman–Crippen MR) is 78.4 cm³/mol. The first-order valence-electron chi connectivity index (χ1n) is 6.89. The van der Waals surface area contributed by atoms with E-state index < -0.39 is 0 Å². The molecule has 2 aromatic rings. The van der Waals surface area contributed by atoms with Crippen LogP contribution in [0.2, 0.25) is 0 Å². The number of hydrogen-bond acceptors (Lipinski definition) is 4. The minimum absolute atomic E-state index is 0.0804. The smallest absolute Gasteiger partial charge is 0.234 e. The number of furan rings is 1. The van der Waals surface area contributed by atoms with Crippen LogP contribution >= 0.6 is 11.3 Å². The van der Waals surface area contributed by atoms with Crippen LogP contribution in [-0.2, 0) is 11.3 Å². The minimum atomic E-state index is 0.0804. The highest BCUT2D eigenvalue weighted by atomic mass is 32.1. The Kier molecular flexibility index (Phi) is 4.18. The fraction of sp³-hybridized carbons (Fsp3) is 0.400. The highest BCUT2D eigenvalue weighted by molar-refractivity contribution is 7.09. The molecule has 1 unspecified atom stereocenters. The Bertz CT molecular complexity index is 536. The van der Waals surface area contributed by atoms with Crippen LogP contribution < -0.4 is 5.32 Å². The molecule has 1 fully saturated rings. The molecular weight excluding hydrogens is 272 g/mol. The summed E-state index contributed by atoms with van der Waals surface area (Å²) in [6, 6.07) is 8.18.